The minimum Gasteiger partial charge on any atom is -0.370 e. The van der Waals surface area contributed by atoms with Crippen molar-refractivity contribution in [1.82, 2.24) is 0 Å². The lowest BCUT2D eigenvalue weighted by molar-refractivity contribution is -0.122. The van der Waals surface area contributed by atoms with Crippen LogP contribution in [0.5, 0.6) is 0 Å². The normalized spacial score (nSPS) is 12.4. The van der Waals surface area contributed by atoms with Crippen LogP contribution in [0.25, 0.3) is 0 Å². The molecule has 20 heavy (non-hydrogen) atoms. The SMILES string of the molecule is CCc1cc(CC)c(C(N)COCC(N)=O)c(CC)c1. The Morgan fingerprint density at radius 3 is 2.10 bits per heavy atom. The summed E-state index contributed by atoms with van der Waals surface area (Å²) in [5.74, 6) is -0.468. The third kappa shape index (κ3) is 4.32. The molecule has 0 aliphatic heterocycles. The zero-order valence-corrected chi connectivity index (χ0v) is 12.7. The average Bonchev–Trinajstić information content (AvgIpc) is 2.44. The van der Waals surface area contributed by atoms with Crippen molar-refractivity contribution in [1.29, 1.82) is 0 Å². The summed E-state index contributed by atoms with van der Waals surface area (Å²) in [6.07, 6.45) is 2.91. The lowest BCUT2D eigenvalue weighted by Crippen LogP contribution is -2.25. The molecular formula is C16H26N2O2. The molecule has 1 atom stereocenters. The van der Waals surface area contributed by atoms with Crippen molar-refractivity contribution in [3.63, 3.8) is 0 Å². The summed E-state index contributed by atoms with van der Waals surface area (Å²) >= 11 is 0. The van der Waals surface area contributed by atoms with Crippen LogP contribution < -0.4 is 11.5 Å². The van der Waals surface area contributed by atoms with Crippen molar-refractivity contribution >= 4 is 5.91 Å². The third-order valence-corrected chi connectivity index (χ3v) is 3.49. The van der Waals surface area contributed by atoms with Crippen LogP contribution in [0.4, 0.5) is 0 Å². The van der Waals surface area contributed by atoms with E-state index in [-0.39, 0.29) is 12.6 Å². The van der Waals surface area contributed by atoms with Crippen molar-refractivity contribution in [2.75, 3.05) is 13.2 Å². The maximum Gasteiger partial charge on any atom is 0.243 e. The van der Waals surface area contributed by atoms with E-state index in [0.717, 1.165) is 24.8 Å². The summed E-state index contributed by atoms with van der Waals surface area (Å²) < 4.78 is 5.27. The molecule has 0 aromatic heterocycles. The third-order valence-electron chi connectivity index (χ3n) is 3.49. The predicted octanol–water partition coefficient (Wildman–Crippen LogP) is 1.88. The van der Waals surface area contributed by atoms with Gasteiger partial charge < -0.3 is 16.2 Å². The Hall–Kier alpha value is -1.39. The summed E-state index contributed by atoms with van der Waals surface area (Å²) in [6.45, 7) is 6.66. The molecule has 0 heterocycles. The van der Waals surface area contributed by atoms with E-state index < -0.39 is 5.91 Å². The highest BCUT2D eigenvalue weighted by Gasteiger charge is 2.16. The van der Waals surface area contributed by atoms with Crippen molar-refractivity contribution in [3.8, 4) is 0 Å². The molecule has 0 aliphatic rings. The molecule has 0 saturated heterocycles. The Balaban J connectivity index is 2.98. The summed E-state index contributed by atoms with van der Waals surface area (Å²) in [5, 5.41) is 0. The Kier molecular flexibility index (Phi) is 6.68. The number of hydrogen-bond acceptors (Lipinski definition) is 3. The van der Waals surface area contributed by atoms with Gasteiger partial charge in [0, 0.05) is 0 Å². The number of amides is 1. The van der Waals surface area contributed by atoms with Crippen molar-refractivity contribution < 1.29 is 9.53 Å². The quantitative estimate of drug-likeness (QED) is 0.762. The second-order valence-corrected chi connectivity index (χ2v) is 4.98. The van der Waals surface area contributed by atoms with E-state index in [9.17, 15) is 4.79 Å². The van der Waals surface area contributed by atoms with Gasteiger partial charge in [-0.05, 0) is 41.5 Å². The zero-order chi connectivity index (χ0) is 15.1. The van der Waals surface area contributed by atoms with Crippen LogP contribution in [0, 0.1) is 0 Å². The first-order valence-electron chi connectivity index (χ1n) is 7.29. The van der Waals surface area contributed by atoms with Gasteiger partial charge in [-0.2, -0.15) is 0 Å². The fourth-order valence-corrected chi connectivity index (χ4v) is 2.49. The fourth-order valence-electron chi connectivity index (χ4n) is 2.49. The number of benzene rings is 1. The van der Waals surface area contributed by atoms with Crippen molar-refractivity contribution in [3.05, 3.63) is 34.4 Å². The van der Waals surface area contributed by atoms with Crippen LogP contribution in [-0.4, -0.2) is 19.1 Å². The summed E-state index contributed by atoms with van der Waals surface area (Å²) in [4.78, 5) is 10.7. The number of carbonyl (C=O) groups is 1. The standard InChI is InChI=1S/C16H26N2O2/c1-4-11-7-12(5-2)16(13(6-3)8-11)14(17)9-20-10-15(18)19/h7-8,14H,4-6,9-10,17H2,1-3H3,(H2,18,19). The van der Waals surface area contributed by atoms with E-state index in [1.54, 1.807) is 0 Å². The molecule has 0 radical (unpaired) electrons. The van der Waals surface area contributed by atoms with E-state index >= 15 is 0 Å². The Bertz CT molecular complexity index is 433. The molecule has 1 rings (SSSR count). The maximum absolute atomic E-state index is 10.7. The van der Waals surface area contributed by atoms with Gasteiger partial charge >= 0.3 is 0 Å². The second kappa shape index (κ2) is 8.02. The van der Waals surface area contributed by atoms with Gasteiger partial charge in [-0.15, -0.1) is 0 Å². The first kappa shape index (κ1) is 16.7. The number of rotatable bonds is 8. The van der Waals surface area contributed by atoms with Crippen LogP contribution in [-0.2, 0) is 28.8 Å². The fraction of sp³-hybridized carbons (Fsp3) is 0.562. The topological polar surface area (TPSA) is 78.3 Å². The first-order chi connectivity index (χ1) is 9.53. The number of ether oxygens (including phenoxy) is 1. The second-order valence-electron chi connectivity index (χ2n) is 4.98. The van der Waals surface area contributed by atoms with Gasteiger partial charge in [0.05, 0.1) is 12.6 Å². The first-order valence-corrected chi connectivity index (χ1v) is 7.29. The highest BCUT2D eigenvalue weighted by Crippen LogP contribution is 2.25. The number of hydrogen-bond donors (Lipinski definition) is 2. The Morgan fingerprint density at radius 1 is 1.15 bits per heavy atom. The molecule has 0 spiro atoms. The molecular weight excluding hydrogens is 252 g/mol. The van der Waals surface area contributed by atoms with Crippen LogP contribution in [0.15, 0.2) is 12.1 Å². The van der Waals surface area contributed by atoms with Crippen LogP contribution >= 0.6 is 0 Å². The van der Waals surface area contributed by atoms with Crippen molar-refractivity contribution in [2.45, 2.75) is 46.1 Å². The molecule has 4 nitrogen and oxygen atoms in total. The summed E-state index contributed by atoms with van der Waals surface area (Å²) in [5.41, 5.74) is 16.4. The molecule has 112 valence electrons. The van der Waals surface area contributed by atoms with E-state index in [1.165, 1.54) is 16.7 Å². The molecule has 4 heteroatoms. The number of primary amides is 1. The van der Waals surface area contributed by atoms with E-state index in [4.69, 9.17) is 16.2 Å². The molecule has 1 amide bonds. The summed E-state index contributed by atoms with van der Waals surface area (Å²) in [6, 6.07) is 4.23. The molecule has 1 unspecified atom stereocenters. The Labute approximate surface area is 121 Å². The predicted molar refractivity (Wildman–Crippen MR) is 81.5 cm³/mol. The highest BCUT2D eigenvalue weighted by molar-refractivity contribution is 5.74. The van der Waals surface area contributed by atoms with Gasteiger partial charge in [0.1, 0.15) is 6.61 Å². The lowest BCUT2D eigenvalue weighted by atomic mass is 9.90. The van der Waals surface area contributed by atoms with Gasteiger partial charge in [0.2, 0.25) is 5.91 Å². The lowest BCUT2D eigenvalue weighted by Gasteiger charge is -2.21. The molecule has 0 saturated carbocycles. The Morgan fingerprint density at radius 2 is 1.70 bits per heavy atom. The highest BCUT2D eigenvalue weighted by atomic mass is 16.5. The number of aryl methyl sites for hydroxylation is 3. The van der Waals surface area contributed by atoms with Gasteiger partial charge in [-0.3, -0.25) is 4.79 Å². The van der Waals surface area contributed by atoms with Gasteiger partial charge in [0.25, 0.3) is 0 Å². The summed E-state index contributed by atoms with van der Waals surface area (Å²) in [7, 11) is 0. The molecule has 0 aliphatic carbocycles. The molecule has 1 aromatic carbocycles. The van der Waals surface area contributed by atoms with Gasteiger partial charge in [-0.25, -0.2) is 0 Å². The van der Waals surface area contributed by atoms with E-state index in [2.05, 4.69) is 32.9 Å². The van der Waals surface area contributed by atoms with Crippen LogP contribution in [0.3, 0.4) is 0 Å². The minimum atomic E-state index is -0.468. The maximum atomic E-state index is 10.7. The molecule has 4 N–H and O–H groups in total. The van der Waals surface area contributed by atoms with Gasteiger partial charge in [-0.1, -0.05) is 32.9 Å². The van der Waals surface area contributed by atoms with E-state index in [1.807, 2.05) is 0 Å². The minimum absolute atomic E-state index is 0.0797. The van der Waals surface area contributed by atoms with Crippen molar-refractivity contribution in [2.24, 2.45) is 11.5 Å². The molecule has 0 fully saturated rings. The zero-order valence-electron chi connectivity index (χ0n) is 12.7. The number of carbonyl (C=O) groups excluding carboxylic acids is 1. The number of nitrogens with two attached hydrogens (primary N) is 2. The monoisotopic (exact) mass is 278 g/mol. The average molecular weight is 278 g/mol. The van der Waals surface area contributed by atoms with Crippen LogP contribution in [0.2, 0.25) is 0 Å². The molecule has 0 bridgehead atoms. The van der Waals surface area contributed by atoms with Gasteiger partial charge in [0.15, 0.2) is 0 Å². The van der Waals surface area contributed by atoms with E-state index in [0.29, 0.717) is 6.61 Å². The molecule has 1 aromatic rings. The largest absolute Gasteiger partial charge is 0.370 e. The smallest absolute Gasteiger partial charge is 0.243 e. The van der Waals surface area contributed by atoms with Crippen LogP contribution in [0.1, 0.15) is 49.1 Å².